The van der Waals surface area contributed by atoms with Crippen molar-refractivity contribution < 1.29 is 9.53 Å². The molecule has 1 N–H and O–H groups in total. The zero-order valence-electron chi connectivity index (χ0n) is 7.64. The molecule has 0 saturated carbocycles. The van der Waals surface area contributed by atoms with Gasteiger partial charge in [0.1, 0.15) is 6.42 Å². The van der Waals surface area contributed by atoms with E-state index in [-0.39, 0.29) is 12.3 Å². The monoisotopic (exact) mass is 197 g/mol. The van der Waals surface area contributed by atoms with Crippen LogP contribution in [0.15, 0.2) is 10.3 Å². The van der Waals surface area contributed by atoms with Crippen LogP contribution in [0.1, 0.15) is 6.42 Å². The number of amides is 1. The number of carbonyl (C=O) groups excluding carboxylic acids is 1. The molecule has 75 valence electrons. The number of hydrogen-bond donors (Lipinski definition) is 1. The summed E-state index contributed by atoms with van der Waals surface area (Å²) in [5.41, 5.74) is 2.56. The molecule has 0 unspecified atom stereocenters. The van der Waals surface area contributed by atoms with Gasteiger partial charge in [-0.05, 0) is 0 Å². The highest BCUT2D eigenvalue weighted by atomic mass is 16.5. The number of amidine groups is 1. The van der Waals surface area contributed by atoms with Gasteiger partial charge in [0.25, 0.3) is 5.84 Å². The van der Waals surface area contributed by atoms with Gasteiger partial charge in [0.05, 0.1) is 18.3 Å². The number of ether oxygens (including phenoxy) is 1. The standard InChI is InChI=1S/C7H11N5O2/c13-7(5-6-8-10-11-9-6)12-1-3-14-4-2-12/h1-5H2,(H,8,9,10)/q+1. The van der Waals surface area contributed by atoms with E-state index in [1.54, 1.807) is 4.90 Å². The molecule has 1 fully saturated rings. The number of nitrogens with zero attached hydrogens (tertiary/aromatic N) is 4. The maximum atomic E-state index is 11.6. The van der Waals surface area contributed by atoms with E-state index in [0.29, 0.717) is 32.1 Å². The minimum atomic E-state index is 0.0341. The van der Waals surface area contributed by atoms with Crippen molar-refractivity contribution in [1.29, 1.82) is 0 Å². The lowest BCUT2D eigenvalue weighted by Gasteiger charge is -2.26. The summed E-state index contributed by atoms with van der Waals surface area (Å²) in [6.07, 6.45) is 0.229. The van der Waals surface area contributed by atoms with Gasteiger partial charge < -0.3 is 9.64 Å². The van der Waals surface area contributed by atoms with Gasteiger partial charge in [-0.1, -0.05) is 0 Å². The SMILES string of the molecule is O=C(CC1=NN=[N+]N1)N1CCOCC1. The lowest BCUT2D eigenvalue weighted by Crippen LogP contribution is -2.42. The van der Waals surface area contributed by atoms with E-state index in [2.05, 4.69) is 21.0 Å². The van der Waals surface area contributed by atoms with E-state index < -0.39 is 0 Å². The Morgan fingerprint density at radius 1 is 1.57 bits per heavy atom. The van der Waals surface area contributed by atoms with Crippen molar-refractivity contribution in [2.45, 2.75) is 6.42 Å². The first-order valence-electron chi connectivity index (χ1n) is 4.44. The minimum Gasteiger partial charge on any atom is -0.378 e. The Hall–Kier alpha value is -1.50. The number of carbonyl (C=O) groups is 1. The van der Waals surface area contributed by atoms with Crippen LogP contribution in [0.2, 0.25) is 0 Å². The topological polar surface area (TPSA) is 80.4 Å². The second-order valence-electron chi connectivity index (χ2n) is 3.02. The molecule has 7 heteroatoms. The first-order chi connectivity index (χ1) is 6.86. The van der Waals surface area contributed by atoms with Crippen LogP contribution in [-0.4, -0.2) is 42.9 Å². The summed E-state index contributed by atoms with van der Waals surface area (Å²) >= 11 is 0. The Morgan fingerprint density at radius 2 is 2.36 bits per heavy atom. The highest BCUT2D eigenvalue weighted by Crippen LogP contribution is 2.01. The van der Waals surface area contributed by atoms with E-state index in [1.165, 1.54) is 0 Å². The van der Waals surface area contributed by atoms with Gasteiger partial charge in [-0.2, -0.15) is 0 Å². The molecule has 0 aromatic rings. The van der Waals surface area contributed by atoms with Crippen LogP contribution in [0.5, 0.6) is 0 Å². The average Bonchev–Trinajstić information content (AvgIpc) is 2.72. The van der Waals surface area contributed by atoms with Crippen LogP contribution in [0.3, 0.4) is 0 Å². The lowest BCUT2D eigenvalue weighted by molar-refractivity contribution is -0.133. The van der Waals surface area contributed by atoms with Crippen LogP contribution in [-0.2, 0) is 9.53 Å². The zero-order chi connectivity index (χ0) is 9.80. The smallest absolute Gasteiger partial charge is 0.294 e. The van der Waals surface area contributed by atoms with Crippen LogP contribution < -0.4 is 10.6 Å². The maximum Gasteiger partial charge on any atom is 0.294 e. The molecule has 1 radical (unpaired) electrons. The number of rotatable bonds is 2. The van der Waals surface area contributed by atoms with Gasteiger partial charge in [0.15, 0.2) is 5.22 Å². The van der Waals surface area contributed by atoms with Gasteiger partial charge in [0, 0.05) is 13.1 Å². The summed E-state index contributed by atoms with van der Waals surface area (Å²) in [4.78, 5) is 13.4. The predicted octanol–water partition coefficient (Wildman–Crippen LogP) is -1.14. The fraction of sp³-hybridized carbons (Fsp3) is 0.714. The lowest BCUT2D eigenvalue weighted by atomic mass is 10.3. The normalized spacial score (nSPS) is 20.6. The molecule has 0 aliphatic carbocycles. The maximum absolute atomic E-state index is 11.6. The van der Waals surface area contributed by atoms with Gasteiger partial charge in [-0.3, -0.25) is 4.79 Å². The third kappa shape index (κ3) is 2.05. The number of morpholine rings is 1. The van der Waals surface area contributed by atoms with Crippen molar-refractivity contribution >= 4 is 11.7 Å². The predicted molar refractivity (Wildman–Crippen MR) is 47.1 cm³/mol. The molecular weight excluding hydrogens is 186 g/mol. The minimum absolute atomic E-state index is 0.0341. The van der Waals surface area contributed by atoms with Gasteiger partial charge in [0.2, 0.25) is 11.1 Å². The summed E-state index contributed by atoms with van der Waals surface area (Å²) in [5.74, 6) is 0.536. The van der Waals surface area contributed by atoms with Crippen molar-refractivity contribution in [2.75, 3.05) is 26.3 Å². The molecule has 14 heavy (non-hydrogen) atoms. The summed E-state index contributed by atoms with van der Waals surface area (Å²) in [6.45, 7) is 2.53. The molecule has 7 nitrogen and oxygen atoms in total. The Labute approximate surface area is 80.8 Å². The second kappa shape index (κ2) is 4.14. The molecule has 0 spiro atoms. The van der Waals surface area contributed by atoms with Crippen molar-refractivity contribution in [3.05, 3.63) is 0 Å². The van der Waals surface area contributed by atoms with Crippen molar-refractivity contribution in [1.82, 2.24) is 15.5 Å². The van der Waals surface area contributed by atoms with E-state index in [0.717, 1.165) is 0 Å². The molecule has 2 aliphatic rings. The van der Waals surface area contributed by atoms with Crippen LogP contribution in [0.4, 0.5) is 0 Å². The Kier molecular flexibility index (Phi) is 2.68. The first kappa shape index (κ1) is 9.07. The van der Waals surface area contributed by atoms with Crippen LogP contribution >= 0.6 is 0 Å². The molecule has 2 heterocycles. The van der Waals surface area contributed by atoms with Crippen molar-refractivity contribution in [2.24, 2.45) is 10.3 Å². The molecule has 0 bridgehead atoms. The molecule has 2 aliphatic heterocycles. The molecule has 1 saturated heterocycles. The Morgan fingerprint density at radius 3 is 3.00 bits per heavy atom. The molecule has 0 aromatic carbocycles. The van der Waals surface area contributed by atoms with Gasteiger partial charge >= 0.3 is 0 Å². The highest BCUT2D eigenvalue weighted by molar-refractivity contribution is 5.99. The van der Waals surface area contributed by atoms with Crippen LogP contribution in [0, 0.1) is 0 Å². The molecule has 2 rings (SSSR count). The number of nitrogens with one attached hydrogen (secondary N) is 1. The van der Waals surface area contributed by atoms with Gasteiger partial charge in [-0.15, -0.1) is 5.43 Å². The fourth-order valence-electron chi connectivity index (χ4n) is 1.32. The Balaban J connectivity index is 1.82. The quantitative estimate of drug-likeness (QED) is 0.607. The van der Waals surface area contributed by atoms with Crippen molar-refractivity contribution in [3.63, 3.8) is 0 Å². The third-order valence-electron chi connectivity index (χ3n) is 2.07. The zero-order valence-corrected chi connectivity index (χ0v) is 7.64. The summed E-state index contributed by atoms with van der Waals surface area (Å²) in [7, 11) is 0. The highest BCUT2D eigenvalue weighted by Gasteiger charge is 2.23. The molecular formula is C7H11N5O2+. The molecule has 1 amide bonds. The van der Waals surface area contributed by atoms with E-state index in [4.69, 9.17) is 4.74 Å². The van der Waals surface area contributed by atoms with Crippen LogP contribution in [0.25, 0.3) is 0 Å². The summed E-state index contributed by atoms with van der Waals surface area (Å²) < 4.78 is 5.14. The summed E-state index contributed by atoms with van der Waals surface area (Å²) in [6, 6.07) is 0. The molecule has 0 aromatic heterocycles. The van der Waals surface area contributed by atoms with E-state index in [9.17, 15) is 4.79 Å². The molecule has 0 atom stereocenters. The number of hydrogen-bond acceptors (Lipinski definition) is 6. The van der Waals surface area contributed by atoms with Gasteiger partial charge in [-0.25, -0.2) is 0 Å². The third-order valence-corrected chi connectivity index (χ3v) is 2.07. The Bertz CT molecular complexity index is 282. The second-order valence-corrected chi connectivity index (χ2v) is 3.02. The van der Waals surface area contributed by atoms with E-state index >= 15 is 0 Å². The summed E-state index contributed by atoms with van der Waals surface area (Å²) in [5, 5.41) is 10.5. The largest absolute Gasteiger partial charge is 0.378 e. The van der Waals surface area contributed by atoms with Crippen molar-refractivity contribution in [3.8, 4) is 0 Å². The average molecular weight is 197 g/mol. The first-order valence-corrected chi connectivity index (χ1v) is 4.44. The fourth-order valence-corrected chi connectivity index (χ4v) is 1.32. The van der Waals surface area contributed by atoms with E-state index in [1.807, 2.05) is 0 Å².